The number of rotatable bonds is 1. The van der Waals surface area contributed by atoms with Crippen LogP contribution in [0.2, 0.25) is 0 Å². The number of hydrogen-bond acceptors (Lipinski definition) is 3. The van der Waals surface area contributed by atoms with E-state index < -0.39 is 0 Å². The number of aryl methyl sites for hydroxylation is 1. The summed E-state index contributed by atoms with van der Waals surface area (Å²) >= 11 is 0. The van der Waals surface area contributed by atoms with Gasteiger partial charge in [-0.05, 0) is 12.0 Å². The van der Waals surface area contributed by atoms with Gasteiger partial charge in [-0.2, -0.15) is 5.10 Å². The Morgan fingerprint density at radius 1 is 1.60 bits per heavy atom. The van der Waals surface area contributed by atoms with E-state index in [4.69, 9.17) is 5.73 Å². The zero-order valence-corrected chi connectivity index (χ0v) is 9.05. The molecule has 1 aromatic heterocycles. The van der Waals surface area contributed by atoms with Crippen molar-refractivity contribution in [2.45, 2.75) is 13.0 Å². The number of nitrogens with zero attached hydrogens (tertiary/aromatic N) is 3. The summed E-state index contributed by atoms with van der Waals surface area (Å²) in [5.41, 5.74) is 6.50. The van der Waals surface area contributed by atoms with Gasteiger partial charge in [0.25, 0.3) is 5.91 Å². The molecule has 5 heteroatoms. The van der Waals surface area contributed by atoms with Gasteiger partial charge in [-0.15, -0.1) is 0 Å². The highest BCUT2D eigenvalue weighted by Crippen LogP contribution is 2.16. The second kappa shape index (κ2) is 3.66. The van der Waals surface area contributed by atoms with Crippen molar-refractivity contribution in [2.24, 2.45) is 18.7 Å². The molecule has 5 nitrogen and oxygen atoms in total. The molecular weight excluding hydrogens is 192 g/mol. The number of carbonyl (C=O) groups is 1. The normalized spacial score (nSPS) is 25.9. The summed E-state index contributed by atoms with van der Waals surface area (Å²) in [5.74, 6) is 0.400. The van der Waals surface area contributed by atoms with Gasteiger partial charge in [-0.3, -0.25) is 9.48 Å². The fourth-order valence-corrected chi connectivity index (χ4v) is 1.90. The largest absolute Gasteiger partial charge is 0.335 e. The van der Waals surface area contributed by atoms with E-state index in [2.05, 4.69) is 12.0 Å². The number of aromatic nitrogens is 2. The fraction of sp³-hybridized carbons (Fsp3) is 0.600. The van der Waals surface area contributed by atoms with Gasteiger partial charge in [0.2, 0.25) is 0 Å². The van der Waals surface area contributed by atoms with Gasteiger partial charge in [-0.25, -0.2) is 0 Å². The van der Waals surface area contributed by atoms with E-state index in [-0.39, 0.29) is 11.9 Å². The highest BCUT2D eigenvalue weighted by Gasteiger charge is 2.31. The Morgan fingerprint density at radius 3 is 2.80 bits per heavy atom. The van der Waals surface area contributed by atoms with Gasteiger partial charge in [0.05, 0.1) is 0 Å². The predicted molar refractivity (Wildman–Crippen MR) is 56.3 cm³/mol. The van der Waals surface area contributed by atoms with Crippen LogP contribution in [0.25, 0.3) is 0 Å². The van der Waals surface area contributed by atoms with Crippen molar-refractivity contribution in [1.82, 2.24) is 14.7 Å². The molecule has 0 saturated carbocycles. The second-order valence-electron chi connectivity index (χ2n) is 4.19. The molecule has 15 heavy (non-hydrogen) atoms. The van der Waals surface area contributed by atoms with Gasteiger partial charge in [0.15, 0.2) is 0 Å². The average Bonchev–Trinajstić information content (AvgIpc) is 2.74. The van der Waals surface area contributed by atoms with E-state index in [1.54, 1.807) is 28.9 Å². The number of hydrogen-bond donors (Lipinski definition) is 1. The molecule has 0 bridgehead atoms. The topological polar surface area (TPSA) is 64.2 Å². The Kier molecular flexibility index (Phi) is 2.48. The number of likely N-dealkylation sites (tertiary alicyclic amines) is 1. The standard InChI is InChI=1S/C10H16N4O/c1-7-5-14(6-8(7)11)10(15)9-3-4-12-13(9)2/h3-4,7-8H,5-6,11H2,1-2H3. The maximum absolute atomic E-state index is 12.0. The van der Waals surface area contributed by atoms with Gasteiger partial charge in [0.1, 0.15) is 5.69 Å². The van der Waals surface area contributed by atoms with Crippen LogP contribution in [0.5, 0.6) is 0 Å². The van der Waals surface area contributed by atoms with Gasteiger partial charge >= 0.3 is 0 Å². The quantitative estimate of drug-likeness (QED) is 0.697. The molecule has 2 atom stereocenters. The molecule has 1 aromatic rings. The van der Waals surface area contributed by atoms with Crippen molar-refractivity contribution < 1.29 is 4.79 Å². The third-order valence-corrected chi connectivity index (χ3v) is 3.00. The van der Waals surface area contributed by atoms with Crippen molar-refractivity contribution in [3.05, 3.63) is 18.0 Å². The first-order chi connectivity index (χ1) is 7.09. The highest BCUT2D eigenvalue weighted by atomic mass is 16.2. The van der Waals surface area contributed by atoms with E-state index >= 15 is 0 Å². The number of amides is 1. The molecule has 2 rings (SSSR count). The molecule has 2 heterocycles. The van der Waals surface area contributed by atoms with Crippen molar-refractivity contribution in [2.75, 3.05) is 13.1 Å². The van der Waals surface area contributed by atoms with Crippen LogP contribution >= 0.6 is 0 Å². The first-order valence-corrected chi connectivity index (χ1v) is 5.12. The molecule has 0 spiro atoms. The smallest absolute Gasteiger partial charge is 0.272 e. The van der Waals surface area contributed by atoms with E-state index in [1.807, 2.05) is 0 Å². The first-order valence-electron chi connectivity index (χ1n) is 5.12. The van der Waals surface area contributed by atoms with Crippen LogP contribution in [0.1, 0.15) is 17.4 Å². The van der Waals surface area contributed by atoms with Crippen LogP contribution < -0.4 is 5.73 Å². The molecule has 0 radical (unpaired) electrons. The lowest BCUT2D eigenvalue weighted by Crippen LogP contribution is -2.33. The summed E-state index contributed by atoms with van der Waals surface area (Å²) < 4.78 is 1.59. The molecule has 0 aliphatic carbocycles. The van der Waals surface area contributed by atoms with Crippen LogP contribution in [0.4, 0.5) is 0 Å². The maximum Gasteiger partial charge on any atom is 0.272 e. The second-order valence-corrected chi connectivity index (χ2v) is 4.19. The lowest BCUT2D eigenvalue weighted by Gasteiger charge is -2.15. The van der Waals surface area contributed by atoms with Gasteiger partial charge in [-0.1, -0.05) is 6.92 Å². The number of carbonyl (C=O) groups excluding carboxylic acids is 1. The van der Waals surface area contributed by atoms with Crippen LogP contribution in [-0.4, -0.2) is 39.7 Å². The third-order valence-electron chi connectivity index (χ3n) is 3.00. The molecule has 1 fully saturated rings. The van der Waals surface area contributed by atoms with E-state index in [9.17, 15) is 4.79 Å². The Morgan fingerprint density at radius 2 is 2.33 bits per heavy atom. The molecule has 1 saturated heterocycles. The summed E-state index contributed by atoms with van der Waals surface area (Å²) in [7, 11) is 1.77. The molecule has 1 amide bonds. The van der Waals surface area contributed by atoms with Crippen molar-refractivity contribution in [3.63, 3.8) is 0 Å². The number of nitrogens with two attached hydrogens (primary N) is 1. The van der Waals surface area contributed by atoms with Crippen LogP contribution in [0.3, 0.4) is 0 Å². The van der Waals surface area contributed by atoms with Crippen molar-refractivity contribution in [1.29, 1.82) is 0 Å². The average molecular weight is 208 g/mol. The van der Waals surface area contributed by atoms with Crippen LogP contribution in [0, 0.1) is 5.92 Å². The molecule has 82 valence electrons. The van der Waals surface area contributed by atoms with E-state index in [0.717, 1.165) is 6.54 Å². The lowest BCUT2D eigenvalue weighted by molar-refractivity contribution is 0.0776. The third kappa shape index (κ3) is 1.74. The van der Waals surface area contributed by atoms with Crippen molar-refractivity contribution >= 4 is 5.91 Å². The van der Waals surface area contributed by atoms with Crippen LogP contribution in [-0.2, 0) is 7.05 Å². The minimum absolute atomic E-state index is 0.0230. The molecule has 1 aliphatic heterocycles. The first kappa shape index (κ1) is 10.2. The predicted octanol–water partition coefficient (Wildman–Crippen LogP) is -0.161. The minimum atomic E-state index is 0.0230. The minimum Gasteiger partial charge on any atom is -0.335 e. The fourth-order valence-electron chi connectivity index (χ4n) is 1.90. The highest BCUT2D eigenvalue weighted by molar-refractivity contribution is 5.92. The molecular formula is C10H16N4O. The molecule has 1 aliphatic rings. The molecule has 0 aromatic carbocycles. The summed E-state index contributed by atoms with van der Waals surface area (Å²) in [6.45, 7) is 3.46. The maximum atomic E-state index is 12.0. The Hall–Kier alpha value is -1.36. The Balaban J connectivity index is 2.13. The van der Waals surface area contributed by atoms with Crippen molar-refractivity contribution in [3.8, 4) is 0 Å². The van der Waals surface area contributed by atoms with Gasteiger partial charge < -0.3 is 10.6 Å². The zero-order valence-electron chi connectivity index (χ0n) is 9.05. The summed E-state index contributed by atoms with van der Waals surface area (Å²) in [4.78, 5) is 13.8. The summed E-state index contributed by atoms with van der Waals surface area (Å²) in [6.07, 6.45) is 1.63. The Labute approximate surface area is 88.8 Å². The van der Waals surface area contributed by atoms with E-state index in [1.165, 1.54) is 0 Å². The monoisotopic (exact) mass is 208 g/mol. The summed E-state index contributed by atoms with van der Waals surface area (Å²) in [5, 5.41) is 3.99. The zero-order chi connectivity index (χ0) is 11.0. The SMILES string of the molecule is CC1CN(C(=O)c2ccnn2C)CC1N. The lowest BCUT2D eigenvalue weighted by atomic mass is 10.1. The van der Waals surface area contributed by atoms with Gasteiger partial charge in [0, 0.05) is 32.4 Å². The molecule has 2 unspecified atom stereocenters. The molecule has 2 N–H and O–H groups in total. The Bertz CT molecular complexity index is 363. The van der Waals surface area contributed by atoms with E-state index in [0.29, 0.717) is 18.2 Å². The summed E-state index contributed by atoms with van der Waals surface area (Å²) in [6, 6.07) is 1.83. The van der Waals surface area contributed by atoms with Crippen LogP contribution in [0.15, 0.2) is 12.3 Å².